The van der Waals surface area contributed by atoms with Gasteiger partial charge in [-0.05, 0) is 80.6 Å². The highest BCUT2D eigenvalue weighted by Crippen LogP contribution is 2.31. The fourth-order valence-corrected chi connectivity index (χ4v) is 6.45. The maximum atomic E-state index is 2.66. The van der Waals surface area contributed by atoms with E-state index in [9.17, 15) is 0 Å². The van der Waals surface area contributed by atoms with Crippen LogP contribution in [0.25, 0.3) is 0 Å². The minimum absolute atomic E-state index is 1.08. The number of benzene rings is 2. The van der Waals surface area contributed by atoms with Crippen LogP contribution in [-0.4, -0.2) is 32.7 Å². The van der Waals surface area contributed by atoms with Crippen molar-refractivity contribution in [2.75, 3.05) is 47.4 Å². The molecule has 3 heteroatoms. The summed E-state index contributed by atoms with van der Waals surface area (Å²) in [5, 5.41) is 0. The summed E-state index contributed by atoms with van der Waals surface area (Å²) < 4.78 is 0. The molecular formula is C42H73N3. The molecule has 3 nitrogen and oxygen atoms in total. The molecule has 0 unspecified atom stereocenters. The van der Waals surface area contributed by atoms with E-state index in [0.29, 0.717) is 0 Å². The minimum atomic E-state index is 1.08. The standard InChI is InChI=1S/C42H73N3/c1-6-11-16-21-34-43(35-22-17-12-7-2)39-26-30-41(31-27-39)45(38-25-20-15-10-5)42-32-28-40(29-33-42)44(36-23-18-13-8-3)37-24-19-14-9-4/h26-33H,6-25,34-38H2,1-5H3. The van der Waals surface area contributed by atoms with E-state index in [-0.39, 0.29) is 0 Å². The Morgan fingerprint density at radius 3 is 0.800 bits per heavy atom. The third kappa shape index (κ3) is 16.3. The molecule has 0 amide bonds. The number of hydrogen-bond acceptors (Lipinski definition) is 3. The molecule has 2 rings (SSSR count). The molecule has 0 aliphatic heterocycles. The smallest absolute Gasteiger partial charge is 0.0412 e. The molecule has 45 heavy (non-hydrogen) atoms. The van der Waals surface area contributed by atoms with Crippen molar-refractivity contribution in [1.29, 1.82) is 0 Å². The monoisotopic (exact) mass is 620 g/mol. The zero-order valence-electron chi connectivity index (χ0n) is 30.6. The fraction of sp³-hybridized carbons (Fsp3) is 0.714. The highest BCUT2D eigenvalue weighted by molar-refractivity contribution is 5.67. The zero-order valence-corrected chi connectivity index (χ0v) is 30.6. The van der Waals surface area contributed by atoms with Gasteiger partial charge in [0.15, 0.2) is 0 Å². The van der Waals surface area contributed by atoms with E-state index in [1.165, 1.54) is 177 Å². The second kappa shape index (κ2) is 26.0. The van der Waals surface area contributed by atoms with Gasteiger partial charge in [0.1, 0.15) is 0 Å². The Balaban J connectivity index is 2.21. The molecule has 256 valence electrons. The van der Waals surface area contributed by atoms with Crippen LogP contribution in [-0.2, 0) is 0 Å². The molecule has 0 aliphatic rings. The molecule has 0 heterocycles. The Labute approximate surface area is 281 Å². The SMILES string of the molecule is CCCCCCN(CCCCCC)c1ccc(N(CCCCCC)c2ccc(N(CCCCCC)CCCCCC)cc2)cc1. The van der Waals surface area contributed by atoms with Crippen molar-refractivity contribution < 1.29 is 0 Å². The van der Waals surface area contributed by atoms with Crippen LogP contribution in [0.2, 0.25) is 0 Å². The Morgan fingerprint density at radius 1 is 0.289 bits per heavy atom. The molecule has 0 aliphatic carbocycles. The largest absolute Gasteiger partial charge is 0.372 e. The number of anilines is 4. The second-order valence-corrected chi connectivity index (χ2v) is 13.5. The molecule has 2 aromatic rings. The second-order valence-electron chi connectivity index (χ2n) is 13.5. The average molecular weight is 620 g/mol. The van der Waals surface area contributed by atoms with Gasteiger partial charge in [-0.1, -0.05) is 131 Å². The average Bonchev–Trinajstić information content (AvgIpc) is 3.07. The number of nitrogens with zero attached hydrogens (tertiary/aromatic N) is 3. The summed E-state index contributed by atoms with van der Waals surface area (Å²) in [6, 6.07) is 19.2. The van der Waals surface area contributed by atoms with Gasteiger partial charge in [0, 0.05) is 55.5 Å². The highest BCUT2D eigenvalue weighted by Gasteiger charge is 2.13. The summed E-state index contributed by atoms with van der Waals surface area (Å²) in [5.74, 6) is 0. The Morgan fingerprint density at radius 2 is 0.533 bits per heavy atom. The number of hydrogen-bond donors (Lipinski definition) is 0. The summed E-state index contributed by atoms with van der Waals surface area (Å²) in [4.78, 5) is 7.89. The first-order valence-electron chi connectivity index (χ1n) is 19.7. The van der Waals surface area contributed by atoms with Crippen LogP contribution in [0.4, 0.5) is 22.7 Å². The maximum absolute atomic E-state index is 2.66. The van der Waals surface area contributed by atoms with E-state index in [0.717, 1.165) is 6.54 Å². The lowest BCUT2D eigenvalue weighted by Crippen LogP contribution is -2.26. The van der Waals surface area contributed by atoms with Crippen LogP contribution < -0.4 is 14.7 Å². The lowest BCUT2D eigenvalue weighted by atomic mass is 10.1. The number of unbranched alkanes of at least 4 members (excludes halogenated alkanes) is 15. The molecule has 0 saturated heterocycles. The molecular weight excluding hydrogens is 546 g/mol. The molecule has 2 aromatic carbocycles. The molecule has 0 radical (unpaired) electrons. The Hall–Kier alpha value is -2.16. The highest BCUT2D eigenvalue weighted by atomic mass is 15.1. The van der Waals surface area contributed by atoms with E-state index in [1.807, 2.05) is 0 Å². The summed E-state index contributed by atoms with van der Waals surface area (Å²) in [6.45, 7) is 17.3. The topological polar surface area (TPSA) is 9.72 Å². The van der Waals surface area contributed by atoms with Crippen molar-refractivity contribution in [2.45, 2.75) is 163 Å². The van der Waals surface area contributed by atoms with Gasteiger partial charge in [0.05, 0.1) is 0 Å². The maximum Gasteiger partial charge on any atom is 0.0412 e. The molecule has 0 bridgehead atoms. The Kier molecular flexibility index (Phi) is 22.5. The van der Waals surface area contributed by atoms with Crippen LogP contribution in [0.15, 0.2) is 48.5 Å². The summed E-state index contributed by atoms with van der Waals surface area (Å²) in [6.07, 6.45) is 26.3. The van der Waals surface area contributed by atoms with Gasteiger partial charge in [0.25, 0.3) is 0 Å². The van der Waals surface area contributed by atoms with Crippen molar-refractivity contribution >= 4 is 22.7 Å². The quantitative estimate of drug-likeness (QED) is 0.0839. The third-order valence-electron chi connectivity index (χ3n) is 9.41. The van der Waals surface area contributed by atoms with Crippen molar-refractivity contribution in [3.8, 4) is 0 Å². The zero-order chi connectivity index (χ0) is 32.4. The normalized spacial score (nSPS) is 11.2. The van der Waals surface area contributed by atoms with E-state index >= 15 is 0 Å². The van der Waals surface area contributed by atoms with E-state index in [2.05, 4.69) is 97.8 Å². The van der Waals surface area contributed by atoms with Crippen LogP contribution in [0.3, 0.4) is 0 Å². The van der Waals surface area contributed by atoms with Crippen molar-refractivity contribution in [2.24, 2.45) is 0 Å². The van der Waals surface area contributed by atoms with Gasteiger partial charge in [-0.15, -0.1) is 0 Å². The van der Waals surface area contributed by atoms with Crippen LogP contribution in [0.1, 0.15) is 163 Å². The van der Waals surface area contributed by atoms with Crippen molar-refractivity contribution in [3.05, 3.63) is 48.5 Å². The Bertz CT molecular complexity index is 826. The van der Waals surface area contributed by atoms with E-state index < -0.39 is 0 Å². The third-order valence-corrected chi connectivity index (χ3v) is 9.41. The molecule has 0 spiro atoms. The molecule has 0 saturated carbocycles. The van der Waals surface area contributed by atoms with Gasteiger partial charge in [-0.2, -0.15) is 0 Å². The van der Waals surface area contributed by atoms with Crippen molar-refractivity contribution in [3.63, 3.8) is 0 Å². The molecule has 0 atom stereocenters. The predicted molar refractivity (Wildman–Crippen MR) is 205 cm³/mol. The molecule has 0 aromatic heterocycles. The minimum Gasteiger partial charge on any atom is -0.372 e. The molecule has 0 fully saturated rings. The predicted octanol–water partition coefficient (Wildman–Crippen LogP) is 13.3. The van der Waals surface area contributed by atoms with Crippen molar-refractivity contribution in [1.82, 2.24) is 0 Å². The van der Waals surface area contributed by atoms with Gasteiger partial charge < -0.3 is 14.7 Å². The summed E-state index contributed by atoms with van der Waals surface area (Å²) in [7, 11) is 0. The van der Waals surface area contributed by atoms with E-state index in [1.54, 1.807) is 0 Å². The lowest BCUT2D eigenvalue weighted by molar-refractivity contribution is 0.609. The summed E-state index contributed by atoms with van der Waals surface area (Å²) >= 11 is 0. The lowest BCUT2D eigenvalue weighted by Gasteiger charge is -2.29. The molecule has 0 N–H and O–H groups in total. The fourth-order valence-electron chi connectivity index (χ4n) is 6.45. The first-order chi connectivity index (χ1) is 22.2. The van der Waals surface area contributed by atoms with Gasteiger partial charge >= 0.3 is 0 Å². The first-order valence-corrected chi connectivity index (χ1v) is 19.7. The van der Waals surface area contributed by atoms with Gasteiger partial charge in [0.2, 0.25) is 0 Å². The number of rotatable bonds is 29. The van der Waals surface area contributed by atoms with Crippen LogP contribution in [0.5, 0.6) is 0 Å². The summed E-state index contributed by atoms with van der Waals surface area (Å²) in [5.41, 5.74) is 5.46. The van der Waals surface area contributed by atoms with Gasteiger partial charge in [-0.25, -0.2) is 0 Å². The van der Waals surface area contributed by atoms with Crippen LogP contribution in [0, 0.1) is 0 Å². The van der Waals surface area contributed by atoms with Crippen LogP contribution >= 0.6 is 0 Å². The van der Waals surface area contributed by atoms with Gasteiger partial charge in [-0.3, -0.25) is 0 Å². The van der Waals surface area contributed by atoms with E-state index in [4.69, 9.17) is 0 Å². The first kappa shape index (κ1) is 39.0.